The number of carbonyl (C=O) groups excluding carboxylic acids is 2. The molecule has 3 aromatic heterocycles. The van der Waals surface area contributed by atoms with Crippen molar-refractivity contribution in [2.75, 3.05) is 5.32 Å². The highest BCUT2D eigenvalue weighted by Gasteiger charge is 2.21. The van der Waals surface area contributed by atoms with E-state index in [1.54, 1.807) is 24.1 Å². The Hall–Kier alpha value is -3.49. The van der Waals surface area contributed by atoms with E-state index in [2.05, 4.69) is 20.5 Å². The second-order valence-corrected chi connectivity index (χ2v) is 7.57. The number of pyridine rings is 1. The van der Waals surface area contributed by atoms with Crippen LogP contribution >= 0.6 is 0 Å². The maximum absolute atomic E-state index is 12.6. The average Bonchev–Trinajstić information content (AvgIpc) is 3.40. The van der Waals surface area contributed by atoms with Gasteiger partial charge in [0, 0.05) is 30.1 Å². The Morgan fingerprint density at radius 3 is 2.83 bits per heavy atom. The third-order valence-corrected chi connectivity index (χ3v) is 5.49. The van der Waals surface area contributed by atoms with Gasteiger partial charge in [0.05, 0.1) is 23.1 Å². The van der Waals surface area contributed by atoms with Crippen LogP contribution in [0.2, 0.25) is 0 Å². The van der Waals surface area contributed by atoms with E-state index >= 15 is 0 Å². The van der Waals surface area contributed by atoms with E-state index in [0.717, 1.165) is 48.2 Å². The number of hydrogen-bond acceptors (Lipinski definition) is 5. The van der Waals surface area contributed by atoms with Crippen molar-refractivity contribution < 1.29 is 9.59 Å². The number of aryl methyl sites for hydroxylation is 4. The van der Waals surface area contributed by atoms with Crippen molar-refractivity contribution in [3.8, 4) is 11.3 Å². The van der Waals surface area contributed by atoms with Gasteiger partial charge in [-0.05, 0) is 44.2 Å². The van der Waals surface area contributed by atoms with Gasteiger partial charge in [0.15, 0.2) is 0 Å². The lowest BCUT2D eigenvalue weighted by Gasteiger charge is -2.08. The number of primary amides is 1. The summed E-state index contributed by atoms with van der Waals surface area (Å²) < 4.78 is 3.20. The average molecular weight is 407 g/mol. The first-order valence-electron chi connectivity index (χ1n) is 10.0. The summed E-state index contributed by atoms with van der Waals surface area (Å²) in [7, 11) is 1.80. The molecule has 9 heteroatoms. The highest BCUT2D eigenvalue weighted by Crippen LogP contribution is 2.28. The van der Waals surface area contributed by atoms with E-state index in [9.17, 15) is 9.59 Å². The van der Waals surface area contributed by atoms with Gasteiger partial charge >= 0.3 is 0 Å². The van der Waals surface area contributed by atoms with E-state index in [-0.39, 0.29) is 12.5 Å². The fourth-order valence-corrected chi connectivity index (χ4v) is 4.05. The second kappa shape index (κ2) is 7.74. The Morgan fingerprint density at radius 1 is 1.30 bits per heavy atom. The van der Waals surface area contributed by atoms with Crippen LogP contribution in [0.1, 0.15) is 46.2 Å². The number of nitrogens with one attached hydrogen (secondary N) is 1. The minimum Gasteiger partial charge on any atom is -0.366 e. The fourth-order valence-electron chi connectivity index (χ4n) is 4.05. The van der Waals surface area contributed by atoms with Gasteiger partial charge in [-0.3, -0.25) is 23.9 Å². The molecule has 9 nitrogen and oxygen atoms in total. The van der Waals surface area contributed by atoms with Crippen molar-refractivity contribution in [2.45, 2.75) is 46.1 Å². The number of nitrogens with zero attached hydrogens (tertiary/aromatic N) is 5. The van der Waals surface area contributed by atoms with Crippen molar-refractivity contribution in [2.24, 2.45) is 12.8 Å². The standard InChI is InChI=1S/C21H25N7O2/c1-4-15-12(2)26-27(3)21(15)25-18(29)11-28-10-14(9-23-28)19-16(20(22)30)8-13-6-5-7-17(13)24-19/h8-10H,4-7,11H2,1-3H3,(H2,22,30)(H,25,29). The van der Waals surface area contributed by atoms with E-state index < -0.39 is 5.91 Å². The number of hydrogen-bond donors (Lipinski definition) is 2. The zero-order valence-corrected chi connectivity index (χ0v) is 17.4. The molecule has 4 rings (SSSR count). The molecule has 1 aliphatic carbocycles. The largest absolute Gasteiger partial charge is 0.366 e. The maximum atomic E-state index is 12.6. The van der Waals surface area contributed by atoms with Crippen molar-refractivity contribution in [3.05, 3.63) is 46.5 Å². The third kappa shape index (κ3) is 3.58. The van der Waals surface area contributed by atoms with Gasteiger partial charge in [0.2, 0.25) is 5.91 Å². The van der Waals surface area contributed by atoms with Crippen LogP contribution in [0.5, 0.6) is 0 Å². The lowest BCUT2D eigenvalue weighted by atomic mass is 10.0. The number of carbonyl (C=O) groups is 2. The van der Waals surface area contributed by atoms with Gasteiger partial charge in [-0.25, -0.2) is 0 Å². The number of rotatable bonds is 6. The summed E-state index contributed by atoms with van der Waals surface area (Å²) in [5, 5.41) is 11.6. The maximum Gasteiger partial charge on any atom is 0.250 e. The molecule has 0 saturated heterocycles. The first-order valence-corrected chi connectivity index (χ1v) is 10.0. The molecule has 156 valence electrons. The minimum absolute atomic E-state index is 0.0320. The molecular formula is C21H25N7O2. The molecule has 0 aromatic carbocycles. The van der Waals surface area contributed by atoms with E-state index in [4.69, 9.17) is 5.73 Å². The van der Waals surface area contributed by atoms with Crippen LogP contribution in [0.25, 0.3) is 11.3 Å². The van der Waals surface area contributed by atoms with Crippen molar-refractivity contribution >= 4 is 17.6 Å². The number of amides is 2. The lowest BCUT2D eigenvalue weighted by Crippen LogP contribution is -2.21. The second-order valence-electron chi connectivity index (χ2n) is 7.57. The van der Waals surface area contributed by atoms with Crippen LogP contribution in [-0.2, 0) is 37.6 Å². The first-order chi connectivity index (χ1) is 14.4. The highest BCUT2D eigenvalue weighted by molar-refractivity contribution is 5.99. The lowest BCUT2D eigenvalue weighted by molar-refractivity contribution is -0.117. The molecule has 0 spiro atoms. The topological polar surface area (TPSA) is 121 Å². The van der Waals surface area contributed by atoms with Crippen LogP contribution in [0.15, 0.2) is 18.5 Å². The Labute approximate surface area is 174 Å². The summed E-state index contributed by atoms with van der Waals surface area (Å²) in [6.45, 7) is 3.98. The summed E-state index contributed by atoms with van der Waals surface area (Å²) in [4.78, 5) is 29.2. The highest BCUT2D eigenvalue weighted by atomic mass is 16.2. The molecule has 0 atom stereocenters. The van der Waals surface area contributed by atoms with E-state index in [0.29, 0.717) is 22.6 Å². The molecule has 3 aromatic rings. The van der Waals surface area contributed by atoms with Gasteiger partial charge in [0.1, 0.15) is 12.4 Å². The first kappa shape index (κ1) is 19.8. The molecule has 0 bridgehead atoms. The summed E-state index contributed by atoms with van der Waals surface area (Å²) in [5.41, 5.74) is 11.1. The molecule has 30 heavy (non-hydrogen) atoms. The molecule has 2 amide bonds. The molecule has 0 unspecified atom stereocenters. The van der Waals surface area contributed by atoms with Gasteiger partial charge in [0.25, 0.3) is 5.91 Å². The van der Waals surface area contributed by atoms with Crippen LogP contribution in [-0.4, -0.2) is 36.4 Å². The third-order valence-electron chi connectivity index (χ3n) is 5.49. The summed E-state index contributed by atoms with van der Waals surface area (Å²) in [5.74, 6) is -0.0283. The number of anilines is 1. The molecule has 0 saturated carbocycles. The van der Waals surface area contributed by atoms with E-state index in [1.165, 1.54) is 4.68 Å². The fraction of sp³-hybridized carbons (Fsp3) is 0.381. The number of nitrogens with two attached hydrogens (primary N) is 1. The summed E-state index contributed by atoms with van der Waals surface area (Å²) in [6.07, 6.45) is 6.93. The van der Waals surface area contributed by atoms with Crippen molar-refractivity contribution in [3.63, 3.8) is 0 Å². The SMILES string of the molecule is CCc1c(C)nn(C)c1NC(=O)Cn1cc(-c2nc3c(cc2C(N)=O)CCC3)cn1. The Morgan fingerprint density at radius 2 is 2.10 bits per heavy atom. The summed E-state index contributed by atoms with van der Waals surface area (Å²) >= 11 is 0. The molecular weight excluding hydrogens is 382 g/mol. The van der Waals surface area contributed by atoms with Crippen LogP contribution in [0.4, 0.5) is 5.82 Å². The Bertz CT molecular complexity index is 1140. The molecule has 0 fully saturated rings. The summed E-state index contributed by atoms with van der Waals surface area (Å²) in [6, 6.07) is 1.84. The molecule has 3 heterocycles. The van der Waals surface area contributed by atoms with Gasteiger partial charge in [-0.15, -0.1) is 0 Å². The zero-order valence-electron chi connectivity index (χ0n) is 17.4. The zero-order chi connectivity index (χ0) is 21.4. The molecule has 1 aliphatic rings. The predicted molar refractivity (Wildman–Crippen MR) is 112 cm³/mol. The van der Waals surface area contributed by atoms with E-state index in [1.807, 2.05) is 19.9 Å². The predicted octanol–water partition coefficient (Wildman–Crippen LogP) is 1.78. The van der Waals surface area contributed by atoms with Crippen molar-refractivity contribution in [1.82, 2.24) is 24.5 Å². The monoisotopic (exact) mass is 407 g/mol. The number of fused-ring (bicyclic) bond motifs is 1. The Balaban J connectivity index is 1.56. The van der Waals surface area contributed by atoms with Crippen molar-refractivity contribution in [1.29, 1.82) is 0 Å². The Kier molecular flexibility index (Phi) is 5.11. The van der Waals surface area contributed by atoms with Crippen LogP contribution < -0.4 is 11.1 Å². The van der Waals surface area contributed by atoms with Crippen LogP contribution in [0.3, 0.4) is 0 Å². The van der Waals surface area contributed by atoms with Gasteiger partial charge in [-0.2, -0.15) is 10.2 Å². The minimum atomic E-state index is -0.517. The molecule has 3 N–H and O–H groups in total. The normalized spacial score (nSPS) is 12.8. The molecule has 0 radical (unpaired) electrons. The number of aromatic nitrogens is 5. The molecule has 0 aliphatic heterocycles. The smallest absolute Gasteiger partial charge is 0.250 e. The van der Waals surface area contributed by atoms with Crippen LogP contribution in [0, 0.1) is 6.92 Å². The quantitative estimate of drug-likeness (QED) is 0.645. The van der Waals surface area contributed by atoms with Gasteiger partial charge < -0.3 is 11.1 Å². The van der Waals surface area contributed by atoms with Gasteiger partial charge in [-0.1, -0.05) is 6.92 Å².